The smallest absolute Gasteiger partial charge is 0.281 e. The predicted octanol–water partition coefficient (Wildman–Crippen LogP) is 2.17. The maximum Gasteiger partial charge on any atom is 0.281 e. The summed E-state index contributed by atoms with van der Waals surface area (Å²) in [5.41, 5.74) is 0.436. The van der Waals surface area contributed by atoms with E-state index in [-0.39, 0.29) is 5.69 Å². The highest BCUT2D eigenvalue weighted by Gasteiger charge is 2.23. The second kappa shape index (κ2) is 5.81. The second-order valence-electron chi connectivity index (χ2n) is 4.51. The van der Waals surface area contributed by atoms with Crippen molar-refractivity contribution >= 4 is 34.5 Å². The maximum atomic E-state index is 11.1. The van der Waals surface area contributed by atoms with Crippen LogP contribution in [0.4, 0.5) is 5.69 Å². The van der Waals surface area contributed by atoms with Crippen LogP contribution in [0.3, 0.4) is 0 Å². The molecule has 102 valence electrons. The fourth-order valence-electron chi connectivity index (χ4n) is 2.02. The number of nitro benzene ring substituents is 1. The Labute approximate surface area is 121 Å². The van der Waals surface area contributed by atoms with Crippen LogP contribution in [0.1, 0.15) is 5.56 Å². The molecule has 19 heavy (non-hydrogen) atoms. The zero-order valence-electron chi connectivity index (χ0n) is 10.5. The molecule has 1 aromatic carbocycles. The summed E-state index contributed by atoms with van der Waals surface area (Å²) >= 11 is 11.2. The summed E-state index contributed by atoms with van der Waals surface area (Å²) in [7, 11) is 2.05. The fraction of sp³-hybridized carbons (Fsp3) is 0.417. The molecule has 0 unspecified atom stereocenters. The molecule has 0 aromatic heterocycles. The van der Waals surface area contributed by atoms with Gasteiger partial charge in [-0.1, -0.05) is 23.8 Å². The number of piperazine rings is 1. The van der Waals surface area contributed by atoms with Gasteiger partial charge in [-0.05, 0) is 19.2 Å². The lowest BCUT2D eigenvalue weighted by Crippen LogP contribution is -2.46. The second-order valence-corrected chi connectivity index (χ2v) is 5.34. The Morgan fingerprint density at radius 1 is 1.37 bits per heavy atom. The third-order valence-corrected chi connectivity index (χ3v) is 3.89. The van der Waals surface area contributed by atoms with Crippen LogP contribution in [0.25, 0.3) is 0 Å². The summed E-state index contributed by atoms with van der Waals surface area (Å²) in [5, 5.41) is 11.4. The number of thiocarbonyl (C=S) groups is 1. The molecule has 7 heteroatoms. The van der Waals surface area contributed by atoms with Crippen molar-refractivity contribution in [3.8, 4) is 0 Å². The van der Waals surface area contributed by atoms with Gasteiger partial charge in [-0.15, -0.1) is 0 Å². The molecule has 1 aliphatic rings. The SMILES string of the molecule is CN1CCN(C(=S)c2ccc(Cl)cc2[N+](=O)[O-])CC1. The van der Waals surface area contributed by atoms with Crippen molar-refractivity contribution in [3.05, 3.63) is 38.9 Å². The summed E-state index contributed by atoms with van der Waals surface area (Å²) in [4.78, 5) is 15.4. The van der Waals surface area contributed by atoms with Crippen molar-refractivity contribution in [2.75, 3.05) is 33.2 Å². The molecule has 1 heterocycles. The number of hydrogen-bond acceptors (Lipinski definition) is 4. The molecule has 0 N–H and O–H groups in total. The topological polar surface area (TPSA) is 49.6 Å². The van der Waals surface area contributed by atoms with E-state index in [1.165, 1.54) is 6.07 Å². The Balaban J connectivity index is 2.26. The minimum atomic E-state index is -0.441. The average molecular weight is 300 g/mol. The minimum absolute atomic E-state index is 0.0311. The van der Waals surface area contributed by atoms with Crippen molar-refractivity contribution in [1.82, 2.24) is 9.80 Å². The largest absolute Gasteiger partial charge is 0.360 e. The first-order chi connectivity index (χ1) is 8.99. The highest BCUT2D eigenvalue weighted by Crippen LogP contribution is 2.25. The van der Waals surface area contributed by atoms with E-state index in [1.807, 2.05) is 11.9 Å². The number of nitro groups is 1. The molecule has 0 amide bonds. The van der Waals surface area contributed by atoms with Gasteiger partial charge < -0.3 is 9.80 Å². The van der Waals surface area contributed by atoms with Crippen LogP contribution in [-0.4, -0.2) is 52.9 Å². The van der Waals surface area contributed by atoms with E-state index in [0.717, 1.165) is 26.2 Å². The van der Waals surface area contributed by atoms with Gasteiger partial charge in [0.15, 0.2) is 0 Å². The van der Waals surface area contributed by atoms with Crippen molar-refractivity contribution in [2.45, 2.75) is 0 Å². The van der Waals surface area contributed by atoms with Crippen molar-refractivity contribution < 1.29 is 4.92 Å². The Morgan fingerprint density at radius 3 is 2.58 bits per heavy atom. The van der Waals surface area contributed by atoms with E-state index in [4.69, 9.17) is 23.8 Å². The maximum absolute atomic E-state index is 11.1. The number of rotatable bonds is 2. The van der Waals surface area contributed by atoms with E-state index in [0.29, 0.717) is 15.6 Å². The van der Waals surface area contributed by atoms with Gasteiger partial charge in [-0.3, -0.25) is 10.1 Å². The van der Waals surface area contributed by atoms with Gasteiger partial charge in [0, 0.05) is 37.3 Å². The number of halogens is 1. The molecular formula is C12H14ClN3O2S. The van der Waals surface area contributed by atoms with Crippen LogP contribution in [0, 0.1) is 10.1 Å². The third-order valence-electron chi connectivity index (χ3n) is 3.18. The summed E-state index contributed by atoms with van der Waals surface area (Å²) in [6.07, 6.45) is 0. The van der Waals surface area contributed by atoms with E-state index in [9.17, 15) is 10.1 Å². The van der Waals surface area contributed by atoms with Gasteiger partial charge in [-0.2, -0.15) is 0 Å². The van der Waals surface area contributed by atoms with Gasteiger partial charge in [0.2, 0.25) is 0 Å². The van der Waals surface area contributed by atoms with Crippen molar-refractivity contribution in [1.29, 1.82) is 0 Å². The molecule has 0 saturated carbocycles. The quantitative estimate of drug-likeness (QED) is 0.476. The highest BCUT2D eigenvalue weighted by molar-refractivity contribution is 7.80. The number of nitrogens with zero attached hydrogens (tertiary/aromatic N) is 3. The molecule has 1 saturated heterocycles. The van der Waals surface area contributed by atoms with Crippen LogP contribution in [0.5, 0.6) is 0 Å². The summed E-state index contributed by atoms with van der Waals surface area (Å²) in [5.74, 6) is 0. The monoisotopic (exact) mass is 299 g/mol. The third kappa shape index (κ3) is 3.20. The first kappa shape index (κ1) is 14.2. The number of likely N-dealkylation sites (N-methyl/N-ethyl adjacent to an activating group) is 1. The summed E-state index contributed by atoms with van der Waals surface area (Å²) in [6, 6.07) is 4.60. The normalized spacial score (nSPS) is 16.4. The van der Waals surface area contributed by atoms with E-state index in [2.05, 4.69) is 4.90 Å². The van der Waals surface area contributed by atoms with Gasteiger partial charge in [-0.25, -0.2) is 0 Å². The Hall–Kier alpha value is -1.24. The summed E-state index contributed by atoms with van der Waals surface area (Å²) in [6.45, 7) is 3.38. The van der Waals surface area contributed by atoms with E-state index < -0.39 is 4.92 Å². The molecule has 0 spiro atoms. The minimum Gasteiger partial charge on any atom is -0.360 e. The summed E-state index contributed by atoms with van der Waals surface area (Å²) < 4.78 is 0. The van der Waals surface area contributed by atoms with Gasteiger partial charge in [0.1, 0.15) is 4.99 Å². The van der Waals surface area contributed by atoms with E-state index >= 15 is 0 Å². The average Bonchev–Trinajstić information content (AvgIpc) is 2.38. The lowest BCUT2D eigenvalue weighted by atomic mass is 10.1. The molecule has 0 radical (unpaired) electrons. The molecule has 5 nitrogen and oxygen atoms in total. The van der Waals surface area contributed by atoms with E-state index in [1.54, 1.807) is 12.1 Å². The van der Waals surface area contributed by atoms with Crippen LogP contribution in [0.15, 0.2) is 18.2 Å². The molecule has 2 rings (SSSR count). The predicted molar refractivity (Wildman–Crippen MR) is 78.9 cm³/mol. The first-order valence-electron chi connectivity index (χ1n) is 5.91. The number of benzene rings is 1. The Morgan fingerprint density at radius 2 is 2.00 bits per heavy atom. The molecule has 1 fully saturated rings. The zero-order valence-corrected chi connectivity index (χ0v) is 12.1. The standard InChI is InChI=1S/C12H14ClN3O2S/c1-14-4-6-15(7-5-14)12(19)10-3-2-9(13)8-11(10)16(17)18/h2-3,8H,4-7H2,1H3. The molecule has 0 bridgehead atoms. The van der Waals surface area contributed by atoms with Crippen LogP contribution < -0.4 is 0 Å². The lowest BCUT2D eigenvalue weighted by Gasteiger charge is -2.34. The van der Waals surface area contributed by atoms with Crippen LogP contribution in [-0.2, 0) is 0 Å². The molecule has 1 aliphatic heterocycles. The highest BCUT2D eigenvalue weighted by atomic mass is 35.5. The van der Waals surface area contributed by atoms with Gasteiger partial charge in [0.05, 0.1) is 10.5 Å². The van der Waals surface area contributed by atoms with Crippen molar-refractivity contribution in [3.63, 3.8) is 0 Å². The first-order valence-corrected chi connectivity index (χ1v) is 6.69. The zero-order chi connectivity index (χ0) is 14.0. The van der Waals surface area contributed by atoms with Crippen molar-refractivity contribution in [2.24, 2.45) is 0 Å². The molecular weight excluding hydrogens is 286 g/mol. The Bertz CT molecular complexity index is 516. The molecule has 1 aromatic rings. The Kier molecular flexibility index (Phi) is 4.34. The van der Waals surface area contributed by atoms with Gasteiger partial charge >= 0.3 is 0 Å². The number of hydrogen-bond donors (Lipinski definition) is 0. The molecule has 0 atom stereocenters. The van der Waals surface area contributed by atoms with Crippen LogP contribution >= 0.6 is 23.8 Å². The molecule has 0 aliphatic carbocycles. The fourth-order valence-corrected chi connectivity index (χ4v) is 2.54. The lowest BCUT2D eigenvalue weighted by molar-refractivity contribution is -0.385. The van der Waals surface area contributed by atoms with Gasteiger partial charge in [0.25, 0.3) is 5.69 Å². The van der Waals surface area contributed by atoms with Crippen LogP contribution in [0.2, 0.25) is 5.02 Å².